The maximum absolute atomic E-state index is 13.3. The van der Waals surface area contributed by atoms with Crippen LogP contribution in [0.3, 0.4) is 0 Å². The van der Waals surface area contributed by atoms with E-state index in [0.29, 0.717) is 0 Å². The Bertz CT molecular complexity index is 1240. The van der Waals surface area contributed by atoms with Gasteiger partial charge in [0.2, 0.25) is 0 Å². The zero-order valence-electron chi connectivity index (χ0n) is 13.7. The molecule has 5 aromatic rings. The highest BCUT2D eigenvalue weighted by Crippen LogP contribution is 2.30. The summed E-state index contributed by atoms with van der Waals surface area (Å²) in [5.74, 6) is 0.452. The average Bonchev–Trinajstić information content (AvgIpc) is 3.12. The predicted molar refractivity (Wildman–Crippen MR) is 99.6 cm³/mol. The lowest BCUT2D eigenvalue weighted by atomic mass is 10.0. The summed E-state index contributed by atoms with van der Waals surface area (Å²) in [6.45, 7) is 0. The molecule has 0 atom stereocenters. The minimum atomic E-state index is -0.271. The van der Waals surface area contributed by atoms with E-state index >= 15 is 0 Å². The average molecular weight is 340 g/mol. The van der Waals surface area contributed by atoms with Crippen molar-refractivity contribution in [3.05, 3.63) is 84.9 Å². The molecule has 0 radical (unpaired) electrons. The van der Waals surface area contributed by atoms with E-state index in [9.17, 15) is 4.39 Å². The number of hydrogen-bond donors (Lipinski definition) is 0. The molecular weight excluding hydrogens is 327 g/mol. The van der Waals surface area contributed by atoms with Crippen LogP contribution in [0.15, 0.2) is 79.1 Å². The summed E-state index contributed by atoms with van der Waals surface area (Å²) in [6.07, 6.45) is 1.76. The predicted octanol–water partition coefficient (Wildman–Crippen LogP) is 4.77. The van der Waals surface area contributed by atoms with Gasteiger partial charge in [-0.1, -0.05) is 36.4 Å². The molecule has 3 aromatic carbocycles. The molecule has 0 unspecified atom stereocenters. The minimum Gasteiger partial charge on any atom is -0.281 e. The number of nitrogens with zero attached hydrogens (tertiary/aromatic N) is 4. The van der Waals surface area contributed by atoms with Crippen LogP contribution < -0.4 is 0 Å². The monoisotopic (exact) mass is 340 g/mol. The summed E-state index contributed by atoms with van der Waals surface area (Å²) in [6, 6.07) is 22.2. The van der Waals surface area contributed by atoms with Crippen LogP contribution in [-0.4, -0.2) is 19.7 Å². The van der Waals surface area contributed by atoms with Gasteiger partial charge in [-0.15, -0.1) is 10.2 Å². The molecule has 0 fully saturated rings. The summed E-state index contributed by atoms with van der Waals surface area (Å²) < 4.78 is 15.2. The van der Waals surface area contributed by atoms with Crippen molar-refractivity contribution in [3.8, 4) is 17.1 Å². The third kappa shape index (κ3) is 2.25. The van der Waals surface area contributed by atoms with Gasteiger partial charge in [-0.25, -0.2) is 9.37 Å². The fourth-order valence-corrected chi connectivity index (χ4v) is 3.22. The van der Waals surface area contributed by atoms with Gasteiger partial charge >= 0.3 is 0 Å². The summed E-state index contributed by atoms with van der Waals surface area (Å²) in [4.78, 5) is 4.45. The molecule has 2 heterocycles. The first-order chi connectivity index (χ1) is 12.8. The van der Waals surface area contributed by atoms with E-state index in [-0.39, 0.29) is 5.82 Å². The number of benzene rings is 3. The lowest BCUT2D eigenvalue weighted by molar-refractivity contribution is 0.628. The lowest BCUT2D eigenvalue weighted by Crippen LogP contribution is -2.01. The summed E-state index contributed by atoms with van der Waals surface area (Å²) in [7, 11) is 0. The van der Waals surface area contributed by atoms with Gasteiger partial charge in [0, 0.05) is 16.3 Å². The lowest BCUT2D eigenvalue weighted by Gasteiger charge is -2.10. The highest BCUT2D eigenvalue weighted by Gasteiger charge is 2.14. The molecule has 0 aliphatic heterocycles. The molecule has 124 valence electrons. The fourth-order valence-electron chi connectivity index (χ4n) is 3.22. The summed E-state index contributed by atoms with van der Waals surface area (Å²) >= 11 is 0. The molecule has 0 saturated carbocycles. The number of imidazole rings is 1. The Hall–Kier alpha value is -3.60. The van der Waals surface area contributed by atoms with Crippen molar-refractivity contribution in [3.63, 3.8) is 0 Å². The summed E-state index contributed by atoms with van der Waals surface area (Å²) in [5.41, 5.74) is 3.44. The van der Waals surface area contributed by atoms with Crippen LogP contribution in [0, 0.1) is 5.82 Å². The first-order valence-corrected chi connectivity index (χ1v) is 8.25. The van der Waals surface area contributed by atoms with Crippen molar-refractivity contribution < 1.29 is 4.39 Å². The number of para-hydroxylation sites is 2. The molecular formula is C21H13FN4. The Morgan fingerprint density at radius 1 is 0.731 bits per heavy atom. The van der Waals surface area contributed by atoms with E-state index in [0.717, 1.165) is 38.9 Å². The quantitative estimate of drug-likeness (QED) is 0.465. The second-order valence-corrected chi connectivity index (χ2v) is 6.03. The molecule has 2 aromatic heterocycles. The molecule has 4 nitrogen and oxygen atoms in total. The van der Waals surface area contributed by atoms with Gasteiger partial charge in [0.25, 0.3) is 0 Å². The molecule has 0 aliphatic carbocycles. The topological polar surface area (TPSA) is 43.6 Å². The Kier molecular flexibility index (Phi) is 3.25. The van der Waals surface area contributed by atoms with Gasteiger partial charge in [-0.05, 0) is 36.4 Å². The number of hydrogen-bond acceptors (Lipinski definition) is 3. The van der Waals surface area contributed by atoms with Gasteiger partial charge in [-0.3, -0.25) is 4.57 Å². The van der Waals surface area contributed by atoms with Crippen LogP contribution in [0.4, 0.5) is 4.39 Å². The maximum atomic E-state index is 13.3. The van der Waals surface area contributed by atoms with Crippen LogP contribution in [-0.2, 0) is 0 Å². The van der Waals surface area contributed by atoms with Crippen LogP contribution >= 0.6 is 0 Å². The molecule has 0 saturated heterocycles. The molecule has 0 amide bonds. The molecule has 0 bridgehead atoms. The zero-order valence-corrected chi connectivity index (χ0v) is 13.7. The van der Waals surface area contributed by atoms with E-state index in [4.69, 9.17) is 0 Å². The van der Waals surface area contributed by atoms with Gasteiger partial charge in [0.15, 0.2) is 5.82 Å². The number of fused-ring (bicyclic) bond motifs is 2. The molecule has 5 heteroatoms. The number of halogens is 1. The van der Waals surface area contributed by atoms with Gasteiger partial charge < -0.3 is 0 Å². The molecule has 0 N–H and O–H groups in total. The van der Waals surface area contributed by atoms with Crippen molar-refractivity contribution in [1.82, 2.24) is 19.7 Å². The van der Waals surface area contributed by atoms with Crippen molar-refractivity contribution in [2.24, 2.45) is 0 Å². The van der Waals surface area contributed by atoms with Gasteiger partial charge in [0.05, 0.1) is 11.0 Å². The molecule has 0 spiro atoms. The first kappa shape index (κ1) is 14.7. The second-order valence-electron chi connectivity index (χ2n) is 6.03. The largest absolute Gasteiger partial charge is 0.281 e. The normalized spacial score (nSPS) is 11.3. The van der Waals surface area contributed by atoms with Crippen molar-refractivity contribution in [2.45, 2.75) is 0 Å². The minimum absolute atomic E-state index is 0.271. The Labute approximate surface area is 148 Å². The number of aromatic nitrogens is 4. The molecule has 5 rings (SSSR count). The van der Waals surface area contributed by atoms with Crippen molar-refractivity contribution in [1.29, 1.82) is 0 Å². The zero-order chi connectivity index (χ0) is 17.5. The van der Waals surface area contributed by atoms with Gasteiger partial charge in [-0.2, -0.15) is 0 Å². The molecule has 26 heavy (non-hydrogen) atoms. The van der Waals surface area contributed by atoms with Crippen molar-refractivity contribution >= 4 is 21.8 Å². The van der Waals surface area contributed by atoms with Crippen molar-refractivity contribution in [2.75, 3.05) is 0 Å². The summed E-state index contributed by atoms with van der Waals surface area (Å²) in [5, 5.41) is 10.8. The molecule has 0 aliphatic rings. The van der Waals surface area contributed by atoms with E-state index in [1.165, 1.54) is 12.1 Å². The van der Waals surface area contributed by atoms with Crippen LogP contribution in [0.25, 0.3) is 38.9 Å². The third-order valence-corrected chi connectivity index (χ3v) is 4.47. The fraction of sp³-hybridized carbons (Fsp3) is 0. The van der Waals surface area contributed by atoms with E-state index in [1.54, 1.807) is 18.5 Å². The van der Waals surface area contributed by atoms with Crippen LogP contribution in [0.5, 0.6) is 0 Å². The highest BCUT2D eigenvalue weighted by atomic mass is 19.1. The SMILES string of the molecule is Fc1ccc(-c2nnc(-n3cnc4ccccc43)c3ccccc23)cc1. The Morgan fingerprint density at radius 2 is 1.46 bits per heavy atom. The standard InChI is InChI=1S/C21H13FN4/c22-15-11-9-14(10-12-15)20-16-5-1-2-6-17(16)21(25-24-20)26-13-23-18-7-3-4-8-19(18)26/h1-13H. The smallest absolute Gasteiger partial charge is 0.169 e. The van der Waals surface area contributed by atoms with E-state index in [1.807, 2.05) is 53.1 Å². The van der Waals surface area contributed by atoms with Crippen LogP contribution in [0.1, 0.15) is 0 Å². The maximum Gasteiger partial charge on any atom is 0.169 e. The number of rotatable bonds is 2. The first-order valence-electron chi connectivity index (χ1n) is 8.25. The third-order valence-electron chi connectivity index (χ3n) is 4.47. The highest BCUT2D eigenvalue weighted by molar-refractivity contribution is 5.98. The Balaban J connectivity index is 1.79. The van der Waals surface area contributed by atoms with Gasteiger partial charge in [0.1, 0.15) is 17.8 Å². The Morgan fingerprint density at radius 3 is 2.31 bits per heavy atom. The van der Waals surface area contributed by atoms with Crippen LogP contribution in [0.2, 0.25) is 0 Å². The van der Waals surface area contributed by atoms with E-state index < -0.39 is 0 Å². The second kappa shape index (κ2) is 5.74. The van der Waals surface area contributed by atoms with E-state index in [2.05, 4.69) is 15.2 Å².